The maximum absolute atomic E-state index is 12.0. The number of sulfonamides is 1. The summed E-state index contributed by atoms with van der Waals surface area (Å²) in [6, 6.07) is 1.18. The molecule has 0 saturated heterocycles. The number of thiophene rings is 1. The smallest absolute Gasteiger partial charge is 0.336 e. The minimum Gasteiger partial charge on any atom is -0.478 e. The molecule has 17 heavy (non-hydrogen) atoms. The topological polar surface area (TPSA) is 86.7 Å². The third-order valence-electron chi connectivity index (χ3n) is 2.16. The number of hydrogen-bond donors (Lipinski definition) is 2. The van der Waals surface area contributed by atoms with Gasteiger partial charge in [0.05, 0.1) is 5.56 Å². The van der Waals surface area contributed by atoms with E-state index in [1.54, 1.807) is 7.05 Å². The zero-order valence-corrected chi connectivity index (χ0v) is 11.1. The molecule has 0 aliphatic carbocycles. The average molecular weight is 278 g/mol. The molecule has 1 heterocycles. The molecule has 0 atom stereocenters. The zero-order valence-electron chi connectivity index (χ0n) is 9.50. The van der Waals surface area contributed by atoms with Crippen LogP contribution in [0.2, 0.25) is 0 Å². The summed E-state index contributed by atoms with van der Waals surface area (Å²) >= 11 is 0.916. The van der Waals surface area contributed by atoms with E-state index in [2.05, 4.69) is 5.32 Å². The lowest BCUT2D eigenvalue weighted by molar-refractivity contribution is 0.0697. The minimum atomic E-state index is -3.58. The van der Waals surface area contributed by atoms with Crippen molar-refractivity contribution >= 4 is 27.3 Å². The van der Waals surface area contributed by atoms with Gasteiger partial charge in [-0.3, -0.25) is 0 Å². The highest BCUT2D eigenvalue weighted by atomic mass is 32.2. The fourth-order valence-corrected chi connectivity index (χ4v) is 3.64. The second-order valence-electron chi connectivity index (χ2n) is 3.39. The maximum atomic E-state index is 12.0. The van der Waals surface area contributed by atoms with Crippen molar-refractivity contribution in [2.24, 2.45) is 0 Å². The number of carboxylic acids is 1. The van der Waals surface area contributed by atoms with Crippen molar-refractivity contribution in [3.8, 4) is 0 Å². The molecule has 2 N–H and O–H groups in total. The van der Waals surface area contributed by atoms with Gasteiger partial charge in [0.25, 0.3) is 10.0 Å². The molecule has 0 fully saturated rings. The lowest BCUT2D eigenvalue weighted by Gasteiger charge is -2.15. The van der Waals surface area contributed by atoms with Crippen LogP contribution in [0.15, 0.2) is 15.7 Å². The number of hydrogen-bond acceptors (Lipinski definition) is 5. The van der Waals surface area contributed by atoms with Gasteiger partial charge in [-0.2, -0.15) is 4.31 Å². The first kappa shape index (κ1) is 14.1. The summed E-state index contributed by atoms with van der Waals surface area (Å²) in [5.74, 6) is -1.12. The summed E-state index contributed by atoms with van der Waals surface area (Å²) in [5.41, 5.74) is -0.00408. The standard InChI is InChI=1S/C9H14N2O4S2/c1-10-3-4-11(2)17(14,15)8-5-7(6-16-8)9(12)13/h5-6,10H,3-4H2,1-2H3,(H,12,13). The molecular formula is C9H14N2O4S2. The van der Waals surface area contributed by atoms with E-state index in [-0.39, 0.29) is 9.77 Å². The maximum Gasteiger partial charge on any atom is 0.336 e. The Hall–Kier alpha value is -0.960. The Morgan fingerprint density at radius 1 is 1.59 bits per heavy atom. The van der Waals surface area contributed by atoms with Crippen LogP contribution in [0.5, 0.6) is 0 Å². The molecule has 0 saturated carbocycles. The van der Waals surface area contributed by atoms with Gasteiger partial charge in [0.15, 0.2) is 0 Å². The van der Waals surface area contributed by atoms with Gasteiger partial charge in [-0.05, 0) is 13.1 Å². The number of nitrogens with zero attached hydrogens (tertiary/aromatic N) is 1. The predicted octanol–water partition coefficient (Wildman–Crippen LogP) is 0.286. The Bertz CT molecular complexity index is 495. The molecule has 0 radical (unpaired) electrons. The number of rotatable bonds is 6. The molecule has 0 unspecified atom stereocenters. The molecule has 6 nitrogen and oxygen atoms in total. The number of carbonyl (C=O) groups is 1. The molecule has 0 amide bonds. The van der Waals surface area contributed by atoms with Crippen LogP contribution in [0.3, 0.4) is 0 Å². The van der Waals surface area contributed by atoms with E-state index in [1.165, 1.54) is 22.8 Å². The van der Waals surface area contributed by atoms with E-state index in [9.17, 15) is 13.2 Å². The molecule has 96 valence electrons. The molecule has 0 aliphatic heterocycles. The molecule has 0 bridgehead atoms. The van der Waals surface area contributed by atoms with Gasteiger partial charge in [0, 0.05) is 25.5 Å². The number of likely N-dealkylation sites (N-methyl/N-ethyl adjacent to an activating group) is 2. The summed E-state index contributed by atoms with van der Waals surface area (Å²) in [6.45, 7) is 0.867. The third-order valence-corrected chi connectivity index (χ3v) is 5.44. The first-order valence-electron chi connectivity index (χ1n) is 4.82. The van der Waals surface area contributed by atoms with Crippen molar-refractivity contribution < 1.29 is 18.3 Å². The quantitative estimate of drug-likeness (QED) is 0.781. The largest absolute Gasteiger partial charge is 0.478 e. The van der Waals surface area contributed by atoms with Gasteiger partial charge >= 0.3 is 5.97 Å². The van der Waals surface area contributed by atoms with Gasteiger partial charge in [-0.1, -0.05) is 0 Å². The summed E-state index contributed by atoms with van der Waals surface area (Å²) < 4.78 is 25.2. The Labute approximate surface area is 104 Å². The first-order valence-corrected chi connectivity index (χ1v) is 7.14. The average Bonchev–Trinajstić information content (AvgIpc) is 2.75. The third kappa shape index (κ3) is 3.25. The van der Waals surface area contributed by atoms with Crippen molar-refractivity contribution in [1.82, 2.24) is 9.62 Å². The summed E-state index contributed by atoms with van der Waals surface area (Å²) in [7, 11) is -0.380. The van der Waals surface area contributed by atoms with Gasteiger partial charge in [-0.15, -0.1) is 11.3 Å². The van der Waals surface area contributed by atoms with E-state index in [0.717, 1.165) is 11.3 Å². The lowest BCUT2D eigenvalue weighted by atomic mass is 10.4. The van der Waals surface area contributed by atoms with Crippen molar-refractivity contribution in [2.45, 2.75) is 4.21 Å². The van der Waals surface area contributed by atoms with Gasteiger partial charge in [0.2, 0.25) is 0 Å². The van der Waals surface area contributed by atoms with Crippen LogP contribution in [0.1, 0.15) is 10.4 Å². The Morgan fingerprint density at radius 3 is 2.71 bits per heavy atom. The van der Waals surface area contributed by atoms with Gasteiger partial charge in [0.1, 0.15) is 4.21 Å². The summed E-state index contributed by atoms with van der Waals surface area (Å²) in [5, 5.41) is 12.9. The monoisotopic (exact) mass is 278 g/mol. The molecular weight excluding hydrogens is 264 g/mol. The fraction of sp³-hybridized carbons (Fsp3) is 0.444. The van der Waals surface area contributed by atoms with Crippen LogP contribution in [0, 0.1) is 0 Å². The summed E-state index contributed by atoms with van der Waals surface area (Å²) in [6.07, 6.45) is 0. The highest BCUT2D eigenvalue weighted by Crippen LogP contribution is 2.22. The van der Waals surface area contributed by atoms with E-state index < -0.39 is 16.0 Å². The summed E-state index contributed by atoms with van der Waals surface area (Å²) in [4.78, 5) is 10.7. The van der Waals surface area contributed by atoms with E-state index in [0.29, 0.717) is 13.1 Å². The van der Waals surface area contributed by atoms with Crippen LogP contribution in [-0.4, -0.2) is 51.0 Å². The lowest BCUT2D eigenvalue weighted by Crippen LogP contribution is -2.32. The van der Waals surface area contributed by atoms with E-state index >= 15 is 0 Å². The van der Waals surface area contributed by atoms with Gasteiger partial charge < -0.3 is 10.4 Å². The minimum absolute atomic E-state index is 0.00408. The van der Waals surface area contributed by atoms with Crippen molar-refractivity contribution in [3.05, 3.63) is 17.0 Å². The molecule has 0 spiro atoms. The first-order chi connectivity index (χ1) is 7.89. The highest BCUT2D eigenvalue weighted by Gasteiger charge is 2.23. The fourth-order valence-electron chi connectivity index (χ4n) is 1.11. The normalized spacial score (nSPS) is 11.9. The molecule has 8 heteroatoms. The molecule has 0 aromatic carbocycles. The predicted molar refractivity (Wildman–Crippen MR) is 65.0 cm³/mol. The van der Waals surface area contributed by atoms with Gasteiger partial charge in [-0.25, -0.2) is 13.2 Å². The van der Waals surface area contributed by atoms with E-state index in [1.807, 2.05) is 0 Å². The van der Waals surface area contributed by atoms with Crippen molar-refractivity contribution in [1.29, 1.82) is 0 Å². The Kier molecular flexibility index (Phi) is 4.63. The molecule has 1 aromatic heterocycles. The molecule has 1 rings (SSSR count). The molecule has 0 aliphatic rings. The second-order valence-corrected chi connectivity index (χ2v) is 6.57. The Morgan fingerprint density at radius 2 is 2.24 bits per heavy atom. The van der Waals surface area contributed by atoms with Crippen LogP contribution in [0.25, 0.3) is 0 Å². The zero-order chi connectivity index (χ0) is 13.1. The Balaban J connectivity index is 2.92. The van der Waals surface area contributed by atoms with E-state index in [4.69, 9.17) is 5.11 Å². The van der Waals surface area contributed by atoms with Crippen molar-refractivity contribution in [2.75, 3.05) is 27.2 Å². The number of aromatic carboxylic acids is 1. The second kappa shape index (κ2) is 5.58. The van der Waals surface area contributed by atoms with Crippen LogP contribution in [0.4, 0.5) is 0 Å². The van der Waals surface area contributed by atoms with Crippen LogP contribution < -0.4 is 5.32 Å². The number of carboxylic acid groups (broad SMARTS) is 1. The molecule has 1 aromatic rings. The van der Waals surface area contributed by atoms with Crippen molar-refractivity contribution in [3.63, 3.8) is 0 Å². The highest BCUT2D eigenvalue weighted by molar-refractivity contribution is 7.91. The van der Waals surface area contributed by atoms with Crippen LogP contribution >= 0.6 is 11.3 Å². The number of nitrogens with one attached hydrogen (secondary N) is 1. The SMILES string of the molecule is CNCCN(C)S(=O)(=O)c1cc(C(=O)O)cs1. The van der Waals surface area contributed by atoms with Crippen LogP contribution in [-0.2, 0) is 10.0 Å².